The minimum Gasteiger partial charge on any atom is -0.481 e. The van der Waals surface area contributed by atoms with E-state index >= 15 is 0 Å². The number of carbonyl (C=O) groups is 2. The van der Waals surface area contributed by atoms with Crippen LogP contribution in [-0.2, 0) is 4.79 Å². The lowest BCUT2D eigenvalue weighted by atomic mass is 9.74. The van der Waals surface area contributed by atoms with Crippen LogP contribution >= 0.6 is 0 Å². The van der Waals surface area contributed by atoms with E-state index < -0.39 is 11.5 Å². The highest BCUT2D eigenvalue weighted by Crippen LogP contribution is 2.35. The van der Waals surface area contributed by atoms with Crippen LogP contribution in [-0.4, -0.2) is 28.2 Å². The smallest absolute Gasteiger partial charge is 0.315 e. The summed E-state index contributed by atoms with van der Waals surface area (Å²) >= 11 is 0. The Morgan fingerprint density at radius 1 is 1.06 bits per heavy atom. The van der Waals surface area contributed by atoms with Gasteiger partial charge in [-0.2, -0.15) is 0 Å². The number of nitrogens with one attached hydrogen (secondary N) is 2. The fourth-order valence-corrected chi connectivity index (χ4v) is 3.07. The van der Waals surface area contributed by atoms with Crippen molar-refractivity contribution < 1.29 is 14.7 Å². The van der Waals surface area contributed by atoms with Crippen LogP contribution in [0.5, 0.6) is 0 Å². The highest BCUT2D eigenvalue weighted by atomic mass is 16.4. The summed E-state index contributed by atoms with van der Waals surface area (Å²) in [7, 11) is 0. The third kappa shape index (κ3) is 2.94. The van der Waals surface area contributed by atoms with Gasteiger partial charge in [-0.15, -0.1) is 0 Å². The van der Waals surface area contributed by atoms with Gasteiger partial charge in [0.1, 0.15) is 0 Å². The Kier molecular flexibility index (Phi) is 3.50. The maximum atomic E-state index is 12.0. The molecule has 2 aliphatic carbocycles. The third-order valence-corrected chi connectivity index (χ3v) is 4.30. The molecule has 0 unspecified atom stereocenters. The molecule has 0 spiro atoms. The first-order valence-electron chi connectivity index (χ1n) is 6.75. The molecule has 5 nitrogen and oxygen atoms in total. The van der Waals surface area contributed by atoms with E-state index in [1.54, 1.807) is 0 Å². The number of rotatable bonds is 4. The number of amides is 2. The first-order chi connectivity index (χ1) is 8.43. The van der Waals surface area contributed by atoms with Crippen molar-refractivity contribution in [2.24, 2.45) is 0 Å². The minimum atomic E-state index is -0.845. The van der Waals surface area contributed by atoms with Gasteiger partial charge in [-0.25, -0.2) is 4.79 Å². The van der Waals surface area contributed by atoms with Crippen molar-refractivity contribution in [1.29, 1.82) is 0 Å². The second-order valence-corrected chi connectivity index (χ2v) is 6.05. The molecule has 102 valence electrons. The Labute approximate surface area is 107 Å². The van der Waals surface area contributed by atoms with Crippen molar-refractivity contribution in [2.45, 2.75) is 69.4 Å². The van der Waals surface area contributed by atoms with E-state index in [2.05, 4.69) is 17.6 Å². The average Bonchev–Trinajstić information content (AvgIpc) is 2.60. The lowest BCUT2D eigenvalue weighted by molar-refractivity contribution is -0.139. The van der Waals surface area contributed by atoms with Gasteiger partial charge >= 0.3 is 12.0 Å². The number of carboxylic acid groups (broad SMARTS) is 1. The molecule has 0 atom stereocenters. The second kappa shape index (κ2) is 4.78. The Morgan fingerprint density at radius 2 is 1.67 bits per heavy atom. The molecular formula is C13H22N2O3. The molecule has 0 aliphatic heterocycles. The predicted molar refractivity (Wildman–Crippen MR) is 67.4 cm³/mol. The first-order valence-corrected chi connectivity index (χ1v) is 6.75. The molecule has 2 rings (SSSR count). The van der Waals surface area contributed by atoms with Crippen molar-refractivity contribution in [1.82, 2.24) is 10.6 Å². The topological polar surface area (TPSA) is 78.4 Å². The van der Waals surface area contributed by atoms with E-state index in [1.807, 2.05) is 0 Å². The van der Waals surface area contributed by atoms with Crippen LogP contribution in [0.4, 0.5) is 4.79 Å². The molecule has 2 fully saturated rings. The molecule has 0 radical (unpaired) electrons. The molecule has 0 aromatic heterocycles. The van der Waals surface area contributed by atoms with Crippen LogP contribution < -0.4 is 10.6 Å². The van der Waals surface area contributed by atoms with E-state index in [9.17, 15) is 9.59 Å². The van der Waals surface area contributed by atoms with Gasteiger partial charge in [0.15, 0.2) is 0 Å². The lowest BCUT2D eigenvalue weighted by Crippen LogP contribution is -2.60. The monoisotopic (exact) mass is 254 g/mol. The quantitative estimate of drug-likeness (QED) is 0.718. The van der Waals surface area contributed by atoms with Gasteiger partial charge in [-0.1, -0.05) is 12.8 Å². The highest BCUT2D eigenvalue weighted by molar-refractivity contribution is 5.77. The number of urea groups is 1. The average molecular weight is 254 g/mol. The molecule has 2 amide bonds. The van der Waals surface area contributed by atoms with E-state index in [0.29, 0.717) is 0 Å². The molecule has 0 heterocycles. The Morgan fingerprint density at radius 3 is 2.11 bits per heavy atom. The van der Waals surface area contributed by atoms with Crippen LogP contribution in [0.1, 0.15) is 58.3 Å². The van der Waals surface area contributed by atoms with Crippen molar-refractivity contribution in [3.05, 3.63) is 0 Å². The summed E-state index contributed by atoms with van der Waals surface area (Å²) in [4.78, 5) is 22.8. The van der Waals surface area contributed by atoms with Gasteiger partial charge in [-0.3, -0.25) is 4.79 Å². The zero-order chi connectivity index (χ0) is 13.2. The van der Waals surface area contributed by atoms with E-state index in [-0.39, 0.29) is 18.0 Å². The van der Waals surface area contributed by atoms with Crippen molar-refractivity contribution in [2.75, 3.05) is 0 Å². The van der Waals surface area contributed by atoms with E-state index in [4.69, 9.17) is 5.11 Å². The van der Waals surface area contributed by atoms with Gasteiger partial charge in [0.2, 0.25) is 0 Å². The zero-order valence-corrected chi connectivity index (χ0v) is 10.9. The largest absolute Gasteiger partial charge is 0.481 e. The summed E-state index contributed by atoms with van der Waals surface area (Å²) in [6.07, 6.45) is 6.86. The summed E-state index contributed by atoms with van der Waals surface area (Å²) in [5, 5.41) is 14.8. The normalized spacial score (nSPS) is 24.1. The Hall–Kier alpha value is -1.26. The molecule has 2 saturated carbocycles. The third-order valence-electron chi connectivity index (χ3n) is 4.30. The first kappa shape index (κ1) is 13.2. The van der Waals surface area contributed by atoms with Gasteiger partial charge in [0, 0.05) is 5.54 Å². The molecule has 0 saturated heterocycles. The molecule has 5 heteroatoms. The molecule has 3 N–H and O–H groups in total. The summed E-state index contributed by atoms with van der Waals surface area (Å²) < 4.78 is 0. The molecule has 0 aromatic carbocycles. The molecule has 0 bridgehead atoms. The van der Waals surface area contributed by atoms with Crippen LogP contribution in [0, 0.1) is 0 Å². The Bertz CT molecular complexity index is 344. The molecule has 2 aliphatic rings. The van der Waals surface area contributed by atoms with Crippen LogP contribution in [0.2, 0.25) is 0 Å². The SMILES string of the molecule is CC1(NC(=O)NC2(CC(=O)O)CCC2)CCCC1. The summed E-state index contributed by atoms with van der Waals surface area (Å²) in [5.74, 6) is -0.845. The fourth-order valence-electron chi connectivity index (χ4n) is 3.07. The highest BCUT2D eigenvalue weighted by Gasteiger charge is 2.41. The van der Waals surface area contributed by atoms with Gasteiger partial charge in [-0.05, 0) is 39.0 Å². The minimum absolute atomic E-state index is 0.0249. The number of hydrogen-bond acceptors (Lipinski definition) is 2. The van der Waals surface area contributed by atoms with E-state index in [1.165, 1.54) is 0 Å². The van der Waals surface area contributed by atoms with Crippen LogP contribution in [0.15, 0.2) is 0 Å². The second-order valence-electron chi connectivity index (χ2n) is 6.05. The summed E-state index contributed by atoms with van der Waals surface area (Å²) in [6.45, 7) is 2.06. The maximum Gasteiger partial charge on any atom is 0.315 e. The van der Waals surface area contributed by atoms with Gasteiger partial charge in [0.25, 0.3) is 0 Å². The fraction of sp³-hybridized carbons (Fsp3) is 0.846. The van der Waals surface area contributed by atoms with Gasteiger partial charge < -0.3 is 15.7 Å². The molecule has 18 heavy (non-hydrogen) atoms. The number of carboxylic acids is 1. The molecule has 0 aromatic rings. The summed E-state index contributed by atoms with van der Waals surface area (Å²) in [6, 6.07) is -0.208. The Balaban J connectivity index is 1.87. The van der Waals surface area contributed by atoms with Crippen molar-refractivity contribution in [3.63, 3.8) is 0 Å². The maximum absolute atomic E-state index is 12.0. The number of aliphatic carboxylic acids is 1. The lowest BCUT2D eigenvalue weighted by Gasteiger charge is -2.42. The van der Waals surface area contributed by atoms with Gasteiger partial charge in [0.05, 0.1) is 12.0 Å². The van der Waals surface area contributed by atoms with Crippen LogP contribution in [0.3, 0.4) is 0 Å². The van der Waals surface area contributed by atoms with Crippen molar-refractivity contribution >= 4 is 12.0 Å². The standard InChI is InChI=1S/C13H22N2O3/c1-12(5-2-3-6-12)14-11(18)15-13(7-4-8-13)9-10(16)17/h2-9H2,1H3,(H,16,17)(H2,14,15,18). The molecular weight excluding hydrogens is 232 g/mol. The number of carbonyl (C=O) groups excluding carboxylic acids is 1. The van der Waals surface area contributed by atoms with E-state index in [0.717, 1.165) is 44.9 Å². The number of hydrogen-bond donors (Lipinski definition) is 3. The van der Waals surface area contributed by atoms with Crippen molar-refractivity contribution in [3.8, 4) is 0 Å². The zero-order valence-electron chi connectivity index (χ0n) is 10.9. The summed E-state index contributed by atoms with van der Waals surface area (Å²) in [5.41, 5.74) is -0.622. The van der Waals surface area contributed by atoms with Crippen LogP contribution in [0.25, 0.3) is 0 Å². The predicted octanol–water partition coefficient (Wildman–Crippen LogP) is 2.02.